The van der Waals surface area contributed by atoms with Crippen molar-refractivity contribution in [1.29, 1.82) is 0 Å². The molecule has 0 aliphatic carbocycles. The third kappa shape index (κ3) is 2.05. The van der Waals surface area contributed by atoms with E-state index < -0.39 is 0 Å². The fraction of sp³-hybridized carbons (Fsp3) is 0.500. The van der Waals surface area contributed by atoms with Crippen LogP contribution in [0.3, 0.4) is 0 Å². The number of hydrogen-bond donors (Lipinski definition) is 0. The first-order valence-corrected chi connectivity index (χ1v) is 5.41. The molecular formula is C10H15N2OP. The van der Waals surface area contributed by atoms with Gasteiger partial charge in [0.05, 0.1) is 30.5 Å². The van der Waals surface area contributed by atoms with Gasteiger partial charge in [-0.2, -0.15) is 0 Å². The molecule has 1 aliphatic heterocycles. The minimum Gasteiger partial charge on any atom is -0.377 e. The topological polar surface area (TPSA) is 25.4 Å². The van der Waals surface area contributed by atoms with Crippen LogP contribution in [0.2, 0.25) is 0 Å². The lowest BCUT2D eigenvalue weighted by Crippen LogP contribution is -2.43. The molecule has 2 heterocycles. The molecule has 0 radical (unpaired) electrons. The van der Waals surface area contributed by atoms with Crippen LogP contribution in [-0.4, -0.2) is 30.8 Å². The molecule has 0 amide bonds. The minimum absolute atomic E-state index is 0.445. The molecule has 14 heavy (non-hydrogen) atoms. The van der Waals surface area contributed by atoms with Crippen molar-refractivity contribution in [3.05, 3.63) is 18.3 Å². The van der Waals surface area contributed by atoms with Crippen molar-refractivity contribution in [3.8, 4) is 0 Å². The van der Waals surface area contributed by atoms with Gasteiger partial charge in [-0.25, -0.2) is 0 Å². The summed E-state index contributed by atoms with van der Waals surface area (Å²) in [5.41, 5.74) is 2.17. The fourth-order valence-electron chi connectivity index (χ4n) is 1.68. The van der Waals surface area contributed by atoms with Crippen LogP contribution in [0.5, 0.6) is 0 Å². The summed E-state index contributed by atoms with van der Waals surface area (Å²) in [6, 6.07) is 4.57. The fourth-order valence-corrected chi connectivity index (χ4v) is 1.85. The molecule has 2 rings (SSSR count). The molecule has 1 aromatic heterocycles. The highest BCUT2D eigenvalue weighted by Gasteiger charge is 2.18. The van der Waals surface area contributed by atoms with Crippen LogP contribution >= 0.6 is 9.24 Å². The van der Waals surface area contributed by atoms with Crippen molar-refractivity contribution in [1.82, 2.24) is 4.98 Å². The maximum atomic E-state index is 5.39. The van der Waals surface area contributed by atoms with E-state index in [4.69, 9.17) is 4.74 Å². The number of ether oxygens (including phenoxy) is 1. The van der Waals surface area contributed by atoms with Crippen LogP contribution in [-0.2, 0) is 4.74 Å². The van der Waals surface area contributed by atoms with Gasteiger partial charge in [-0.05, 0) is 19.1 Å². The van der Waals surface area contributed by atoms with Crippen molar-refractivity contribution in [2.75, 3.05) is 24.7 Å². The van der Waals surface area contributed by atoms with Crippen LogP contribution in [0, 0.1) is 0 Å². The zero-order valence-electron chi connectivity index (χ0n) is 8.31. The van der Waals surface area contributed by atoms with E-state index in [0.29, 0.717) is 6.04 Å². The Labute approximate surface area is 86.7 Å². The zero-order chi connectivity index (χ0) is 9.97. The van der Waals surface area contributed by atoms with Gasteiger partial charge in [-0.1, -0.05) is 9.24 Å². The summed E-state index contributed by atoms with van der Waals surface area (Å²) in [7, 11) is 2.59. The zero-order valence-corrected chi connectivity index (χ0v) is 9.47. The van der Waals surface area contributed by atoms with Crippen molar-refractivity contribution in [2.45, 2.75) is 13.0 Å². The van der Waals surface area contributed by atoms with Crippen LogP contribution in [0.1, 0.15) is 6.92 Å². The molecule has 0 aromatic carbocycles. The maximum Gasteiger partial charge on any atom is 0.0668 e. The lowest BCUT2D eigenvalue weighted by molar-refractivity contribution is 0.0989. The molecule has 0 saturated carbocycles. The molecule has 4 heteroatoms. The van der Waals surface area contributed by atoms with E-state index in [1.807, 2.05) is 12.3 Å². The SMILES string of the molecule is CC1COCCN1c1ccc(P)nc1. The van der Waals surface area contributed by atoms with E-state index in [0.717, 1.165) is 25.2 Å². The number of pyridine rings is 1. The molecule has 0 spiro atoms. The molecule has 0 N–H and O–H groups in total. The first-order chi connectivity index (χ1) is 6.77. The number of anilines is 1. The highest BCUT2D eigenvalue weighted by Crippen LogP contribution is 2.17. The first-order valence-electron chi connectivity index (χ1n) is 4.83. The van der Waals surface area contributed by atoms with Crippen molar-refractivity contribution < 1.29 is 4.74 Å². The maximum absolute atomic E-state index is 5.39. The smallest absolute Gasteiger partial charge is 0.0668 e. The lowest BCUT2D eigenvalue weighted by atomic mass is 10.2. The molecule has 0 bridgehead atoms. The first kappa shape index (κ1) is 9.88. The molecule has 3 nitrogen and oxygen atoms in total. The molecule has 1 aromatic rings. The number of morpholine rings is 1. The predicted molar refractivity (Wildman–Crippen MR) is 61.2 cm³/mol. The summed E-state index contributed by atoms with van der Waals surface area (Å²) < 4.78 is 5.39. The third-order valence-electron chi connectivity index (χ3n) is 2.47. The van der Waals surface area contributed by atoms with E-state index >= 15 is 0 Å². The van der Waals surface area contributed by atoms with E-state index in [-0.39, 0.29) is 0 Å². The van der Waals surface area contributed by atoms with Gasteiger partial charge in [0, 0.05) is 12.6 Å². The largest absolute Gasteiger partial charge is 0.377 e. The Morgan fingerprint density at radius 3 is 3.07 bits per heavy atom. The third-order valence-corrected chi connectivity index (χ3v) is 2.81. The number of hydrogen-bond acceptors (Lipinski definition) is 3. The Morgan fingerprint density at radius 1 is 1.57 bits per heavy atom. The van der Waals surface area contributed by atoms with Crippen molar-refractivity contribution >= 4 is 20.4 Å². The van der Waals surface area contributed by atoms with Gasteiger partial charge in [-0.3, -0.25) is 4.98 Å². The Hall–Kier alpha value is -0.660. The number of rotatable bonds is 1. The van der Waals surface area contributed by atoms with Crippen molar-refractivity contribution in [2.24, 2.45) is 0 Å². The Morgan fingerprint density at radius 2 is 2.43 bits per heavy atom. The molecule has 1 fully saturated rings. The highest BCUT2D eigenvalue weighted by molar-refractivity contribution is 7.26. The standard InChI is InChI=1S/C10H15N2OP/c1-8-7-13-5-4-12(8)9-2-3-10(14)11-6-9/h2-3,6,8H,4-5,7,14H2,1H3. The Bertz CT molecular complexity index is 301. The molecular weight excluding hydrogens is 195 g/mol. The lowest BCUT2D eigenvalue weighted by Gasteiger charge is -2.34. The monoisotopic (exact) mass is 210 g/mol. The summed E-state index contributed by atoms with van der Waals surface area (Å²) in [5.74, 6) is 0. The average Bonchev–Trinajstić information content (AvgIpc) is 2.20. The second-order valence-electron chi connectivity index (χ2n) is 3.56. The predicted octanol–water partition coefficient (Wildman–Crippen LogP) is 0.807. The van der Waals surface area contributed by atoms with E-state index in [1.165, 1.54) is 5.69 Å². The van der Waals surface area contributed by atoms with Crippen LogP contribution in [0.15, 0.2) is 18.3 Å². The summed E-state index contributed by atoms with van der Waals surface area (Å²) in [4.78, 5) is 6.60. The van der Waals surface area contributed by atoms with Crippen LogP contribution in [0.25, 0.3) is 0 Å². The van der Waals surface area contributed by atoms with Crippen LogP contribution < -0.4 is 10.3 Å². The molecule has 1 aliphatic rings. The molecule has 2 atom stereocenters. The summed E-state index contributed by atoms with van der Waals surface area (Å²) in [6.07, 6.45) is 1.92. The van der Waals surface area contributed by atoms with Gasteiger partial charge >= 0.3 is 0 Å². The van der Waals surface area contributed by atoms with Gasteiger partial charge in [0.25, 0.3) is 0 Å². The van der Waals surface area contributed by atoms with E-state index in [2.05, 4.69) is 32.1 Å². The highest BCUT2D eigenvalue weighted by atomic mass is 31.0. The quantitative estimate of drug-likeness (QED) is 0.641. The van der Waals surface area contributed by atoms with Crippen LogP contribution in [0.4, 0.5) is 5.69 Å². The average molecular weight is 210 g/mol. The molecule has 2 unspecified atom stereocenters. The number of nitrogens with zero attached hydrogens (tertiary/aromatic N) is 2. The number of aromatic nitrogens is 1. The summed E-state index contributed by atoms with van der Waals surface area (Å²) in [5, 5.41) is 0. The summed E-state index contributed by atoms with van der Waals surface area (Å²) in [6.45, 7) is 4.75. The normalized spacial score (nSPS) is 22.4. The van der Waals surface area contributed by atoms with Gasteiger partial charge in [0.2, 0.25) is 0 Å². The van der Waals surface area contributed by atoms with Crippen molar-refractivity contribution in [3.63, 3.8) is 0 Å². The minimum atomic E-state index is 0.445. The Balaban J connectivity index is 2.16. The molecule has 1 saturated heterocycles. The second-order valence-corrected chi connectivity index (χ2v) is 4.15. The Kier molecular flexibility index (Phi) is 2.99. The van der Waals surface area contributed by atoms with Gasteiger partial charge in [0.1, 0.15) is 0 Å². The van der Waals surface area contributed by atoms with Gasteiger partial charge in [0.15, 0.2) is 0 Å². The van der Waals surface area contributed by atoms with Gasteiger partial charge in [-0.15, -0.1) is 0 Å². The van der Waals surface area contributed by atoms with E-state index in [9.17, 15) is 0 Å². The summed E-state index contributed by atoms with van der Waals surface area (Å²) >= 11 is 0. The second kappa shape index (κ2) is 4.24. The van der Waals surface area contributed by atoms with Gasteiger partial charge < -0.3 is 9.64 Å². The van der Waals surface area contributed by atoms with E-state index in [1.54, 1.807) is 0 Å². The molecule has 76 valence electrons.